The van der Waals surface area contributed by atoms with Crippen molar-refractivity contribution in [1.29, 1.82) is 0 Å². The molecule has 1 fully saturated rings. The van der Waals surface area contributed by atoms with Gasteiger partial charge in [-0.05, 0) is 25.7 Å². The third kappa shape index (κ3) is 6.76. The first-order chi connectivity index (χ1) is 11.3. The number of ether oxygens (including phenoxy) is 1. The number of likely N-dealkylation sites (N-methyl/N-ethyl adjacent to an activating group) is 1. The van der Waals surface area contributed by atoms with E-state index in [1.807, 2.05) is 6.92 Å². The Bertz CT molecular complexity index is 449. The van der Waals surface area contributed by atoms with Gasteiger partial charge in [0.25, 0.3) is 0 Å². The average molecular weight is 340 g/mol. The van der Waals surface area contributed by atoms with E-state index in [-0.39, 0.29) is 24.3 Å². The number of amides is 1. The number of guanidine groups is 1. The zero-order valence-electron chi connectivity index (χ0n) is 15.7. The highest BCUT2D eigenvalue weighted by molar-refractivity contribution is 5.85. The molecule has 1 unspecified atom stereocenters. The maximum atomic E-state index is 12.0. The summed E-state index contributed by atoms with van der Waals surface area (Å²) < 4.78 is 5.15. The molecule has 1 amide bonds. The molecule has 1 heterocycles. The highest BCUT2D eigenvalue weighted by Gasteiger charge is 2.28. The van der Waals surface area contributed by atoms with Crippen molar-refractivity contribution in [3.63, 3.8) is 0 Å². The van der Waals surface area contributed by atoms with Crippen molar-refractivity contribution >= 4 is 17.8 Å². The van der Waals surface area contributed by atoms with Crippen molar-refractivity contribution < 1.29 is 14.3 Å². The van der Waals surface area contributed by atoms with E-state index >= 15 is 0 Å². The molecule has 1 N–H and O–H groups in total. The number of carbonyl (C=O) groups is 2. The van der Waals surface area contributed by atoms with Gasteiger partial charge in [0.2, 0.25) is 5.91 Å². The lowest BCUT2D eigenvalue weighted by atomic mass is 9.98. The van der Waals surface area contributed by atoms with Crippen LogP contribution in [0, 0.1) is 11.8 Å². The summed E-state index contributed by atoms with van der Waals surface area (Å²) in [6.45, 7) is 8.75. The van der Waals surface area contributed by atoms with E-state index in [0.717, 1.165) is 25.9 Å². The summed E-state index contributed by atoms with van der Waals surface area (Å²) in [5.41, 5.74) is 0. The average Bonchev–Trinajstić information content (AvgIpc) is 2.54. The van der Waals surface area contributed by atoms with Crippen LogP contribution in [0.25, 0.3) is 0 Å². The fraction of sp³-hybridized carbons (Fsp3) is 0.824. The monoisotopic (exact) mass is 340 g/mol. The first-order valence-electron chi connectivity index (χ1n) is 8.75. The Labute approximate surface area is 145 Å². The summed E-state index contributed by atoms with van der Waals surface area (Å²) in [6, 6.07) is 0. The second kappa shape index (κ2) is 10.2. The number of piperidine rings is 1. The smallest absolute Gasteiger partial charge is 0.310 e. The van der Waals surface area contributed by atoms with Crippen LogP contribution in [0.5, 0.6) is 0 Å². The predicted molar refractivity (Wildman–Crippen MR) is 94.8 cm³/mol. The minimum atomic E-state index is -0.144. The molecular formula is C17H32N4O3. The second-order valence-electron chi connectivity index (χ2n) is 6.74. The number of hydrogen-bond donors (Lipinski definition) is 1. The molecule has 1 aliphatic heterocycles. The zero-order valence-corrected chi connectivity index (χ0v) is 15.7. The van der Waals surface area contributed by atoms with Crippen molar-refractivity contribution in [3.8, 4) is 0 Å². The SMILES string of the molecule is CCOC(=O)C1CCCN(C(=NCC(=O)N(C)C)NCC(C)C)C1. The number of rotatable bonds is 6. The lowest BCUT2D eigenvalue weighted by Crippen LogP contribution is -2.49. The van der Waals surface area contributed by atoms with Crippen molar-refractivity contribution in [2.75, 3.05) is 46.9 Å². The quantitative estimate of drug-likeness (QED) is 0.443. The largest absolute Gasteiger partial charge is 0.466 e. The summed E-state index contributed by atoms with van der Waals surface area (Å²) in [5.74, 6) is 0.847. The molecule has 0 aromatic rings. The van der Waals surface area contributed by atoms with Gasteiger partial charge in [0.1, 0.15) is 6.54 Å². The molecule has 0 radical (unpaired) electrons. The van der Waals surface area contributed by atoms with E-state index in [1.54, 1.807) is 14.1 Å². The number of carbonyl (C=O) groups excluding carboxylic acids is 2. The summed E-state index contributed by atoms with van der Waals surface area (Å²) in [5, 5.41) is 3.33. The summed E-state index contributed by atoms with van der Waals surface area (Å²) >= 11 is 0. The number of hydrogen-bond acceptors (Lipinski definition) is 4. The van der Waals surface area contributed by atoms with Crippen LogP contribution in [-0.2, 0) is 14.3 Å². The Morgan fingerprint density at radius 1 is 1.38 bits per heavy atom. The molecule has 0 bridgehead atoms. The highest BCUT2D eigenvalue weighted by atomic mass is 16.5. The van der Waals surface area contributed by atoms with Crippen LogP contribution in [0.2, 0.25) is 0 Å². The van der Waals surface area contributed by atoms with E-state index in [0.29, 0.717) is 25.0 Å². The number of nitrogens with zero attached hydrogens (tertiary/aromatic N) is 3. The number of nitrogens with one attached hydrogen (secondary N) is 1. The molecule has 1 rings (SSSR count). The van der Waals surface area contributed by atoms with Gasteiger partial charge in [-0.25, -0.2) is 4.99 Å². The van der Waals surface area contributed by atoms with Gasteiger partial charge in [-0.2, -0.15) is 0 Å². The van der Waals surface area contributed by atoms with Gasteiger partial charge in [0.15, 0.2) is 5.96 Å². The Balaban J connectivity index is 2.78. The topological polar surface area (TPSA) is 74.2 Å². The van der Waals surface area contributed by atoms with Crippen LogP contribution in [0.3, 0.4) is 0 Å². The van der Waals surface area contributed by atoms with E-state index in [4.69, 9.17) is 4.74 Å². The van der Waals surface area contributed by atoms with Crippen LogP contribution in [0.15, 0.2) is 4.99 Å². The molecule has 138 valence electrons. The summed E-state index contributed by atoms with van der Waals surface area (Å²) in [6.07, 6.45) is 1.75. The van der Waals surface area contributed by atoms with E-state index < -0.39 is 0 Å². The maximum absolute atomic E-state index is 12.0. The first-order valence-corrected chi connectivity index (χ1v) is 8.75. The third-order valence-corrected chi connectivity index (χ3v) is 3.87. The zero-order chi connectivity index (χ0) is 18.1. The lowest BCUT2D eigenvalue weighted by molar-refractivity contribution is -0.149. The van der Waals surface area contributed by atoms with Crippen LogP contribution in [-0.4, -0.2) is 74.5 Å². The Hall–Kier alpha value is -1.79. The summed E-state index contributed by atoms with van der Waals surface area (Å²) in [4.78, 5) is 31.9. The lowest BCUT2D eigenvalue weighted by Gasteiger charge is -2.34. The van der Waals surface area contributed by atoms with Gasteiger partial charge in [-0.3, -0.25) is 9.59 Å². The number of likely N-dealkylation sites (tertiary alicyclic amines) is 1. The number of aliphatic imine (C=N–C) groups is 1. The van der Waals surface area contributed by atoms with Crippen molar-refractivity contribution in [1.82, 2.24) is 15.1 Å². The van der Waals surface area contributed by atoms with Gasteiger partial charge >= 0.3 is 5.97 Å². The summed E-state index contributed by atoms with van der Waals surface area (Å²) in [7, 11) is 3.44. The molecule has 0 saturated carbocycles. The van der Waals surface area contributed by atoms with Gasteiger partial charge in [0.05, 0.1) is 12.5 Å². The predicted octanol–water partition coefficient (Wildman–Crippen LogP) is 0.951. The van der Waals surface area contributed by atoms with Crippen molar-refractivity contribution in [2.45, 2.75) is 33.6 Å². The molecule has 0 aromatic carbocycles. The Morgan fingerprint density at radius 2 is 2.08 bits per heavy atom. The molecule has 0 aromatic heterocycles. The van der Waals surface area contributed by atoms with E-state index in [1.165, 1.54) is 4.90 Å². The van der Waals surface area contributed by atoms with Gasteiger partial charge in [-0.1, -0.05) is 13.8 Å². The Morgan fingerprint density at radius 3 is 2.67 bits per heavy atom. The molecule has 1 saturated heterocycles. The van der Waals surface area contributed by atoms with E-state index in [9.17, 15) is 9.59 Å². The van der Waals surface area contributed by atoms with Crippen LogP contribution in [0.4, 0.5) is 0 Å². The number of esters is 1. The normalized spacial score (nSPS) is 18.5. The standard InChI is InChI=1S/C17H32N4O3/c1-6-24-16(23)14-8-7-9-21(12-14)17(18-10-13(2)3)19-11-15(22)20(4)5/h13-14H,6-12H2,1-5H3,(H,18,19). The minimum Gasteiger partial charge on any atom is -0.466 e. The van der Waals surface area contributed by atoms with Crippen molar-refractivity contribution in [2.24, 2.45) is 16.8 Å². The van der Waals surface area contributed by atoms with Gasteiger partial charge in [0, 0.05) is 33.7 Å². The highest BCUT2D eigenvalue weighted by Crippen LogP contribution is 2.18. The molecule has 1 atom stereocenters. The molecule has 0 aliphatic carbocycles. The van der Waals surface area contributed by atoms with Crippen LogP contribution in [0.1, 0.15) is 33.6 Å². The van der Waals surface area contributed by atoms with E-state index in [2.05, 4.69) is 29.1 Å². The van der Waals surface area contributed by atoms with Crippen LogP contribution < -0.4 is 5.32 Å². The first kappa shape index (κ1) is 20.3. The Kier molecular flexibility index (Phi) is 8.57. The molecule has 0 spiro atoms. The van der Waals surface area contributed by atoms with Gasteiger partial charge in [-0.15, -0.1) is 0 Å². The fourth-order valence-corrected chi connectivity index (χ4v) is 2.47. The minimum absolute atomic E-state index is 0.0437. The van der Waals surface area contributed by atoms with Crippen molar-refractivity contribution in [3.05, 3.63) is 0 Å². The van der Waals surface area contributed by atoms with Gasteiger partial charge < -0.3 is 19.9 Å². The molecule has 7 nitrogen and oxygen atoms in total. The second-order valence-corrected chi connectivity index (χ2v) is 6.74. The molecule has 24 heavy (non-hydrogen) atoms. The third-order valence-electron chi connectivity index (χ3n) is 3.87. The fourth-order valence-electron chi connectivity index (χ4n) is 2.47. The molecular weight excluding hydrogens is 308 g/mol. The van der Waals surface area contributed by atoms with Crippen LogP contribution >= 0.6 is 0 Å². The maximum Gasteiger partial charge on any atom is 0.310 e. The molecule has 7 heteroatoms. The molecule has 1 aliphatic rings.